The van der Waals surface area contributed by atoms with Crippen LogP contribution in [0.1, 0.15) is 36.6 Å². The molecule has 5 nitrogen and oxygen atoms in total. The number of ether oxygens (including phenoxy) is 1. The molecule has 1 aromatic carbocycles. The number of likely N-dealkylation sites (tertiary alicyclic amines) is 1. The Morgan fingerprint density at radius 2 is 1.83 bits per heavy atom. The topological polar surface area (TPSA) is 51.4 Å². The first-order valence-corrected chi connectivity index (χ1v) is 8.52. The highest BCUT2D eigenvalue weighted by Gasteiger charge is 2.32. The van der Waals surface area contributed by atoms with Crippen LogP contribution in [0.25, 0.3) is 11.5 Å². The summed E-state index contributed by atoms with van der Waals surface area (Å²) in [6.07, 6.45) is 3.39. The van der Waals surface area contributed by atoms with E-state index in [1.54, 1.807) is 0 Å². The van der Waals surface area contributed by atoms with E-state index in [0.29, 0.717) is 17.9 Å². The molecule has 2 aliphatic heterocycles. The molecule has 0 saturated carbocycles. The molecule has 1 aromatic heterocycles. The van der Waals surface area contributed by atoms with Crippen LogP contribution in [0.5, 0.6) is 0 Å². The first kappa shape index (κ1) is 14.8. The number of benzene rings is 1. The summed E-state index contributed by atoms with van der Waals surface area (Å²) < 4.78 is 11.4. The first-order chi connectivity index (χ1) is 11.3. The standard InChI is InChI=1S/C18H23N3O2/c1-13-2-4-14(5-3-13)17-19-20-18(23-17)15-6-9-21(12-15)16-7-10-22-11-8-16/h2-5,15-16H,6-12H2,1H3. The Hall–Kier alpha value is -1.72. The summed E-state index contributed by atoms with van der Waals surface area (Å²) in [6.45, 7) is 6.01. The van der Waals surface area contributed by atoms with Gasteiger partial charge in [0.2, 0.25) is 11.8 Å². The molecule has 2 aliphatic rings. The van der Waals surface area contributed by atoms with Gasteiger partial charge in [-0.2, -0.15) is 0 Å². The van der Waals surface area contributed by atoms with Gasteiger partial charge in [0, 0.05) is 31.4 Å². The zero-order valence-corrected chi connectivity index (χ0v) is 13.6. The van der Waals surface area contributed by atoms with Gasteiger partial charge in [0.25, 0.3) is 0 Å². The molecule has 2 saturated heterocycles. The van der Waals surface area contributed by atoms with Crippen LogP contribution in [0.15, 0.2) is 28.7 Å². The van der Waals surface area contributed by atoms with Gasteiger partial charge in [-0.25, -0.2) is 0 Å². The van der Waals surface area contributed by atoms with Gasteiger partial charge >= 0.3 is 0 Å². The van der Waals surface area contributed by atoms with Crippen LogP contribution in [0, 0.1) is 6.92 Å². The number of hydrogen-bond acceptors (Lipinski definition) is 5. The Morgan fingerprint density at radius 1 is 1.04 bits per heavy atom. The van der Waals surface area contributed by atoms with Crippen LogP contribution in [0.4, 0.5) is 0 Å². The molecule has 2 fully saturated rings. The Balaban J connectivity index is 1.44. The van der Waals surface area contributed by atoms with E-state index in [9.17, 15) is 0 Å². The Morgan fingerprint density at radius 3 is 2.61 bits per heavy atom. The van der Waals surface area contributed by atoms with Gasteiger partial charge in [0.1, 0.15) is 0 Å². The average Bonchev–Trinajstić information content (AvgIpc) is 3.26. The van der Waals surface area contributed by atoms with Crippen molar-refractivity contribution in [3.05, 3.63) is 35.7 Å². The summed E-state index contributed by atoms with van der Waals surface area (Å²) in [4.78, 5) is 2.57. The fraction of sp³-hybridized carbons (Fsp3) is 0.556. The van der Waals surface area contributed by atoms with E-state index in [0.717, 1.165) is 57.0 Å². The second-order valence-corrected chi connectivity index (χ2v) is 6.64. The Labute approximate surface area is 136 Å². The predicted molar refractivity (Wildman–Crippen MR) is 87.2 cm³/mol. The minimum atomic E-state index is 0.365. The van der Waals surface area contributed by atoms with Gasteiger partial charge in [-0.05, 0) is 44.9 Å². The number of aromatic nitrogens is 2. The largest absolute Gasteiger partial charge is 0.420 e. The van der Waals surface area contributed by atoms with Crippen molar-refractivity contribution >= 4 is 0 Å². The number of hydrogen-bond donors (Lipinski definition) is 0. The fourth-order valence-corrected chi connectivity index (χ4v) is 3.58. The quantitative estimate of drug-likeness (QED) is 0.872. The van der Waals surface area contributed by atoms with E-state index < -0.39 is 0 Å². The molecule has 0 aliphatic carbocycles. The van der Waals surface area contributed by atoms with E-state index in [4.69, 9.17) is 9.15 Å². The molecular formula is C18H23N3O2. The Kier molecular flexibility index (Phi) is 4.14. The van der Waals surface area contributed by atoms with Crippen LogP contribution >= 0.6 is 0 Å². The smallest absolute Gasteiger partial charge is 0.247 e. The number of nitrogens with zero attached hydrogens (tertiary/aromatic N) is 3. The number of rotatable bonds is 3. The van der Waals surface area contributed by atoms with Gasteiger partial charge < -0.3 is 9.15 Å². The van der Waals surface area contributed by atoms with Crippen LogP contribution in [-0.4, -0.2) is 47.4 Å². The SMILES string of the molecule is Cc1ccc(-c2nnc(C3CCN(C4CCOCC4)C3)o2)cc1. The normalized spacial score (nSPS) is 23.4. The van der Waals surface area contributed by atoms with Gasteiger partial charge in [-0.3, -0.25) is 4.90 Å². The van der Waals surface area contributed by atoms with Crippen molar-refractivity contribution in [1.82, 2.24) is 15.1 Å². The van der Waals surface area contributed by atoms with Crippen molar-refractivity contribution in [3.8, 4) is 11.5 Å². The summed E-state index contributed by atoms with van der Waals surface area (Å²) in [6, 6.07) is 8.88. The van der Waals surface area contributed by atoms with Crippen LogP contribution in [0.2, 0.25) is 0 Å². The predicted octanol–water partition coefficient (Wildman–Crippen LogP) is 3.01. The van der Waals surface area contributed by atoms with Gasteiger partial charge in [0.15, 0.2) is 0 Å². The molecule has 1 atom stereocenters. The maximum atomic E-state index is 5.96. The molecule has 23 heavy (non-hydrogen) atoms. The Bertz CT molecular complexity index is 647. The summed E-state index contributed by atoms with van der Waals surface area (Å²) in [5.41, 5.74) is 2.23. The summed E-state index contributed by atoms with van der Waals surface area (Å²) in [5.74, 6) is 1.78. The molecule has 0 amide bonds. The monoisotopic (exact) mass is 313 g/mol. The minimum absolute atomic E-state index is 0.365. The molecule has 0 N–H and O–H groups in total. The van der Waals surface area contributed by atoms with Crippen LogP contribution in [0.3, 0.4) is 0 Å². The molecule has 0 bridgehead atoms. The maximum Gasteiger partial charge on any atom is 0.247 e. The molecule has 4 rings (SSSR count). The highest BCUT2D eigenvalue weighted by Crippen LogP contribution is 2.31. The second-order valence-electron chi connectivity index (χ2n) is 6.64. The molecule has 5 heteroatoms. The van der Waals surface area contributed by atoms with E-state index >= 15 is 0 Å². The van der Waals surface area contributed by atoms with Crippen molar-refractivity contribution < 1.29 is 9.15 Å². The molecular weight excluding hydrogens is 290 g/mol. The van der Waals surface area contributed by atoms with E-state index in [-0.39, 0.29) is 0 Å². The zero-order chi connectivity index (χ0) is 15.6. The molecule has 3 heterocycles. The van der Waals surface area contributed by atoms with Crippen molar-refractivity contribution in [2.75, 3.05) is 26.3 Å². The zero-order valence-electron chi connectivity index (χ0n) is 13.6. The van der Waals surface area contributed by atoms with E-state index in [1.807, 2.05) is 12.1 Å². The lowest BCUT2D eigenvalue weighted by Gasteiger charge is -2.30. The molecule has 122 valence electrons. The lowest BCUT2D eigenvalue weighted by molar-refractivity contribution is 0.0417. The van der Waals surface area contributed by atoms with Crippen molar-refractivity contribution in [1.29, 1.82) is 0 Å². The van der Waals surface area contributed by atoms with Crippen LogP contribution in [-0.2, 0) is 4.74 Å². The molecule has 0 spiro atoms. The first-order valence-electron chi connectivity index (χ1n) is 8.52. The average molecular weight is 313 g/mol. The second kappa shape index (κ2) is 6.42. The van der Waals surface area contributed by atoms with E-state index in [2.05, 4.69) is 34.2 Å². The third kappa shape index (κ3) is 3.16. The van der Waals surface area contributed by atoms with Gasteiger partial charge in [0.05, 0.1) is 5.92 Å². The van der Waals surface area contributed by atoms with E-state index in [1.165, 1.54) is 5.56 Å². The third-order valence-electron chi connectivity index (χ3n) is 5.02. The van der Waals surface area contributed by atoms with Crippen LogP contribution < -0.4 is 0 Å². The fourth-order valence-electron chi connectivity index (χ4n) is 3.58. The van der Waals surface area contributed by atoms with Crippen molar-refractivity contribution in [2.45, 2.75) is 38.1 Å². The lowest BCUT2D eigenvalue weighted by Crippen LogP contribution is -2.37. The summed E-state index contributed by atoms with van der Waals surface area (Å²) in [5, 5.41) is 8.55. The summed E-state index contributed by atoms with van der Waals surface area (Å²) >= 11 is 0. The van der Waals surface area contributed by atoms with Gasteiger partial charge in [-0.1, -0.05) is 17.7 Å². The van der Waals surface area contributed by atoms with Gasteiger partial charge in [-0.15, -0.1) is 10.2 Å². The molecule has 1 unspecified atom stereocenters. The lowest BCUT2D eigenvalue weighted by atomic mass is 10.1. The molecule has 2 aromatic rings. The highest BCUT2D eigenvalue weighted by molar-refractivity contribution is 5.52. The van der Waals surface area contributed by atoms with Crippen molar-refractivity contribution in [2.24, 2.45) is 0 Å². The maximum absolute atomic E-state index is 5.96. The highest BCUT2D eigenvalue weighted by atomic mass is 16.5. The third-order valence-corrected chi connectivity index (χ3v) is 5.02. The minimum Gasteiger partial charge on any atom is -0.420 e. The summed E-state index contributed by atoms with van der Waals surface area (Å²) in [7, 11) is 0. The number of aryl methyl sites for hydroxylation is 1. The molecule has 0 radical (unpaired) electrons. The van der Waals surface area contributed by atoms with Crippen molar-refractivity contribution in [3.63, 3.8) is 0 Å².